The number of nitrogens with zero attached hydrogens (tertiary/aromatic N) is 1. The maximum Gasteiger partial charge on any atom is 0.338 e. The molecule has 0 bridgehead atoms. The third-order valence-electron chi connectivity index (χ3n) is 5.93. The van der Waals surface area contributed by atoms with Crippen LogP contribution in [0.5, 0.6) is 5.75 Å². The number of carboxylic acid groups (broad SMARTS) is 1. The monoisotopic (exact) mass is 473 g/mol. The van der Waals surface area contributed by atoms with Gasteiger partial charge < -0.3 is 25.2 Å². The normalized spacial score (nSPS) is 15.1. The standard InChI is InChI=1S/C26H35NO7/c1-16(2)27(18(4)15-34-26(33)24(30)23(29)25(31)32)13-12-20(19-8-6-5-7-9-19)21-14-17(3)10-11-22(21)28/h5-11,14,16,18,20,23-24,28-30H,12-13,15H2,1-4H3,(H,31,32). The molecule has 34 heavy (non-hydrogen) atoms. The summed E-state index contributed by atoms with van der Waals surface area (Å²) < 4.78 is 5.09. The summed E-state index contributed by atoms with van der Waals surface area (Å²) in [6, 6.07) is 15.4. The fourth-order valence-electron chi connectivity index (χ4n) is 4.05. The molecule has 0 aromatic heterocycles. The van der Waals surface area contributed by atoms with Gasteiger partial charge in [-0.1, -0.05) is 48.0 Å². The molecule has 0 heterocycles. The van der Waals surface area contributed by atoms with Crippen LogP contribution in [0.15, 0.2) is 48.5 Å². The second-order valence-corrected chi connectivity index (χ2v) is 8.85. The molecule has 4 atom stereocenters. The van der Waals surface area contributed by atoms with Crippen molar-refractivity contribution in [2.75, 3.05) is 13.2 Å². The van der Waals surface area contributed by atoms with Gasteiger partial charge >= 0.3 is 11.9 Å². The number of phenols is 1. The van der Waals surface area contributed by atoms with Crippen molar-refractivity contribution >= 4 is 11.9 Å². The van der Waals surface area contributed by atoms with Gasteiger partial charge in [-0.25, -0.2) is 9.59 Å². The lowest BCUT2D eigenvalue weighted by molar-refractivity contribution is -0.170. The van der Waals surface area contributed by atoms with Crippen molar-refractivity contribution < 1.29 is 34.8 Å². The molecule has 0 aliphatic carbocycles. The van der Waals surface area contributed by atoms with Gasteiger partial charge in [0.05, 0.1) is 0 Å². The van der Waals surface area contributed by atoms with Crippen molar-refractivity contribution in [3.05, 3.63) is 65.2 Å². The fraction of sp³-hybridized carbons (Fsp3) is 0.462. The van der Waals surface area contributed by atoms with Crippen LogP contribution in [-0.2, 0) is 14.3 Å². The van der Waals surface area contributed by atoms with Gasteiger partial charge in [-0.05, 0) is 52.3 Å². The van der Waals surface area contributed by atoms with Crippen LogP contribution in [0.2, 0.25) is 0 Å². The first-order valence-electron chi connectivity index (χ1n) is 11.4. The SMILES string of the molecule is Cc1ccc(O)c(C(CCN(C(C)C)C(C)COC(=O)C(O)C(O)C(=O)O)c2ccccc2)c1. The lowest BCUT2D eigenvalue weighted by atomic mass is 9.86. The van der Waals surface area contributed by atoms with E-state index in [1.54, 1.807) is 6.07 Å². The highest BCUT2D eigenvalue weighted by Gasteiger charge is 2.32. The number of hydrogen-bond donors (Lipinski definition) is 4. The number of aliphatic hydroxyl groups excluding tert-OH is 2. The quantitative estimate of drug-likeness (QED) is 0.347. The number of benzene rings is 2. The molecule has 0 saturated carbocycles. The number of ether oxygens (including phenoxy) is 1. The molecule has 4 unspecified atom stereocenters. The summed E-state index contributed by atoms with van der Waals surface area (Å²) in [6.45, 7) is 8.44. The minimum Gasteiger partial charge on any atom is -0.508 e. The van der Waals surface area contributed by atoms with Gasteiger partial charge in [-0.15, -0.1) is 0 Å². The van der Waals surface area contributed by atoms with Crippen LogP contribution in [0.4, 0.5) is 0 Å². The van der Waals surface area contributed by atoms with Crippen molar-refractivity contribution in [1.29, 1.82) is 0 Å². The van der Waals surface area contributed by atoms with Crippen LogP contribution in [0, 0.1) is 6.92 Å². The van der Waals surface area contributed by atoms with E-state index < -0.39 is 24.1 Å². The number of aliphatic hydroxyl groups is 2. The molecule has 2 aromatic carbocycles. The Morgan fingerprint density at radius 1 is 1.00 bits per heavy atom. The molecule has 186 valence electrons. The molecule has 0 saturated heterocycles. The van der Waals surface area contributed by atoms with Crippen molar-refractivity contribution in [2.45, 2.75) is 64.3 Å². The summed E-state index contributed by atoms with van der Waals surface area (Å²) >= 11 is 0. The average Bonchev–Trinajstić information content (AvgIpc) is 2.81. The summed E-state index contributed by atoms with van der Waals surface area (Å²) in [5.41, 5.74) is 2.98. The average molecular weight is 474 g/mol. The zero-order chi connectivity index (χ0) is 25.4. The van der Waals surface area contributed by atoms with Gasteiger partial charge in [-0.3, -0.25) is 4.90 Å². The molecule has 2 aromatic rings. The zero-order valence-corrected chi connectivity index (χ0v) is 20.1. The number of hydrogen-bond acceptors (Lipinski definition) is 7. The van der Waals surface area contributed by atoms with Crippen molar-refractivity contribution in [2.24, 2.45) is 0 Å². The van der Waals surface area contributed by atoms with Gasteiger partial charge in [0.2, 0.25) is 0 Å². The summed E-state index contributed by atoms with van der Waals surface area (Å²) in [6.07, 6.45) is -3.70. The molecule has 8 nitrogen and oxygen atoms in total. The maximum absolute atomic E-state index is 11.9. The Kier molecular flexibility index (Phi) is 10.0. The molecule has 0 amide bonds. The highest BCUT2D eigenvalue weighted by Crippen LogP contribution is 2.35. The van der Waals surface area contributed by atoms with Crippen molar-refractivity contribution in [1.82, 2.24) is 4.90 Å². The lowest BCUT2D eigenvalue weighted by Gasteiger charge is -2.34. The Morgan fingerprint density at radius 3 is 2.24 bits per heavy atom. The first-order valence-corrected chi connectivity index (χ1v) is 11.4. The van der Waals surface area contributed by atoms with Crippen LogP contribution in [0.3, 0.4) is 0 Å². The number of carbonyl (C=O) groups is 2. The van der Waals surface area contributed by atoms with E-state index in [9.17, 15) is 24.9 Å². The van der Waals surface area contributed by atoms with Gasteiger partial charge in [0, 0.05) is 23.6 Å². The predicted molar refractivity (Wildman–Crippen MR) is 128 cm³/mol. The van der Waals surface area contributed by atoms with Gasteiger partial charge in [0.15, 0.2) is 12.2 Å². The van der Waals surface area contributed by atoms with Gasteiger partial charge in [-0.2, -0.15) is 0 Å². The van der Waals surface area contributed by atoms with E-state index in [2.05, 4.69) is 4.90 Å². The van der Waals surface area contributed by atoms with E-state index in [0.29, 0.717) is 13.0 Å². The Hall–Kier alpha value is -2.94. The number of aryl methyl sites for hydroxylation is 1. The van der Waals surface area contributed by atoms with E-state index in [0.717, 1.165) is 16.7 Å². The van der Waals surface area contributed by atoms with E-state index in [4.69, 9.17) is 9.84 Å². The number of rotatable bonds is 12. The minimum absolute atomic E-state index is 0.0513. The van der Waals surface area contributed by atoms with Crippen LogP contribution >= 0.6 is 0 Å². The number of aliphatic carboxylic acids is 1. The van der Waals surface area contributed by atoms with E-state index in [1.165, 1.54) is 0 Å². The first-order chi connectivity index (χ1) is 16.0. The second-order valence-electron chi connectivity index (χ2n) is 8.85. The summed E-state index contributed by atoms with van der Waals surface area (Å²) in [5.74, 6) is -2.70. The molecule has 0 fully saturated rings. The molecule has 2 rings (SSSR count). The lowest BCUT2D eigenvalue weighted by Crippen LogP contribution is -2.45. The Balaban J connectivity index is 2.14. The largest absolute Gasteiger partial charge is 0.508 e. The molecule has 0 spiro atoms. The maximum atomic E-state index is 11.9. The van der Waals surface area contributed by atoms with Crippen molar-refractivity contribution in [3.63, 3.8) is 0 Å². The third-order valence-corrected chi connectivity index (χ3v) is 5.93. The summed E-state index contributed by atoms with van der Waals surface area (Å²) in [4.78, 5) is 24.8. The van der Waals surface area contributed by atoms with Crippen molar-refractivity contribution in [3.8, 4) is 5.75 Å². The zero-order valence-electron chi connectivity index (χ0n) is 20.1. The first kappa shape index (κ1) is 27.3. The summed E-state index contributed by atoms with van der Waals surface area (Å²) in [5, 5.41) is 38.3. The highest BCUT2D eigenvalue weighted by molar-refractivity contribution is 5.84. The fourth-order valence-corrected chi connectivity index (χ4v) is 4.05. The predicted octanol–water partition coefficient (Wildman–Crippen LogP) is 2.67. The number of carboxylic acids is 1. The van der Waals surface area contributed by atoms with Crippen LogP contribution in [0.1, 0.15) is 49.8 Å². The molecule has 4 N–H and O–H groups in total. The van der Waals surface area contributed by atoms with E-state index in [-0.39, 0.29) is 30.4 Å². The van der Waals surface area contributed by atoms with E-state index >= 15 is 0 Å². The molecule has 0 aliphatic rings. The molecular formula is C26H35NO7. The number of carbonyl (C=O) groups excluding carboxylic acids is 1. The minimum atomic E-state index is -2.24. The highest BCUT2D eigenvalue weighted by atomic mass is 16.6. The van der Waals surface area contributed by atoms with Crippen LogP contribution in [0.25, 0.3) is 0 Å². The molecule has 8 heteroatoms. The van der Waals surface area contributed by atoms with Crippen LogP contribution in [-0.4, -0.2) is 74.7 Å². The topological polar surface area (TPSA) is 128 Å². The number of phenolic OH excluding ortho intramolecular Hbond substituents is 1. The second kappa shape index (κ2) is 12.5. The van der Waals surface area contributed by atoms with E-state index in [1.807, 2.05) is 70.2 Å². The molecular weight excluding hydrogens is 438 g/mol. The van der Waals surface area contributed by atoms with Gasteiger partial charge in [0.1, 0.15) is 12.4 Å². The third kappa shape index (κ3) is 7.28. The van der Waals surface area contributed by atoms with Gasteiger partial charge in [0.25, 0.3) is 0 Å². The van der Waals surface area contributed by atoms with Crippen LogP contribution < -0.4 is 0 Å². The Morgan fingerprint density at radius 2 is 1.65 bits per heavy atom. The molecule has 0 aliphatic heterocycles. The summed E-state index contributed by atoms with van der Waals surface area (Å²) in [7, 11) is 0. The smallest absolute Gasteiger partial charge is 0.338 e. The number of esters is 1. The number of aromatic hydroxyl groups is 1. The Labute approximate surface area is 200 Å². The Bertz CT molecular complexity index is 947. The molecule has 0 radical (unpaired) electrons.